The SMILES string of the molecule is CCCCCCCc1ccc2cc(OC(=O)c3ccc(CCCCC)s3)ccc2c1. The van der Waals surface area contributed by atoms with E-state index in [4.69, 9.17) is 4.74 Å². The van der Waals surface area contributed by atoms with E-state index in [1.165, 1.54) is 67.2 Å². The van der Waals surface area contributed by atoms with E-state index in [0.29, 0.717) is 10.6 Å². The van der Waals surface area contributed by atoms with Crippen molar-refractivity contribution in [1.82, 2.24) is 0 Å². The van der Waals surface area contributed by atoms with E-state index >= 15 is 0 Å². The van der Waals surface area contributed by atoms with E-state index in [9.17, 15) is 4.79 Å². The van der Waals surface area contributed by atoms with Gasteiger partial charge in [0.25, 0.3) is 0 Å². The largest absolute Gasteiger partial charge is 0.422 e. The summed E-state index contributed by atoms with van der Waals surface area (Å²) in [5.41, 5.74) is 1.39. The van der Waals surface area contributed by atoms with Gasteiger partial charge in [0.15, 0.2) is 0 Å². The van der Waals surface area contributed by atoms with Crippen LogP contribution in [0, 0.1) is 0 Å². The number of aryl methyl sites for hydroxylation is 2. The van der Waals surface area contributed by atoms with Crippen LogP contribution in [0.1, 0.15) is 85.3 Å². The molecule has 0 aliphatic rings. The number of thiophene rings is 1. The van der Waals surface area contributed by atoms with Crippen LogP contribution in [-0.2, 0) is 12.8 Å². The first kappa shape index (κ1) is 22.6. The maximum Gasteiger partial charge on any atom is 0.353 e. The second kappa shape index (κ2) is 11.9. The molecule has 3 rings (SSSR count). The molecular formula is C27H34O2S. The number of fused-ring (bicyclic) bond motifs is 1. The van der Waals surface area contributed by atoms with Crippen molar-refractivity contribution in [2.45, 2.75) is 78.1 Å². The van der Waals surface area contributed by atoms with Gasteiger partial charge < -0.3 is 4.74 Å². The van der Waals surface area contributed by atoms with E-state index in [-0.39, 0.29) is 5.97 Å². The Kier molecular flexibility index (Phi) is 8.95. The lowest BCUT2D eigenvalue weighted by atomic mass is 10.0. The molecule has 0 aliphatic heterocycles. The molecule has 30 heavy (non-hydrogen) atoms. The third-order valence-electron chi connectivity index (χ3n) is 5.55. The van der Waals surface area contributed by atoms with Crippen LogP contribution in [0.3, 0.4) is 0 Å². The van der Waals surface area contributed by atoms with E-state index in [1.807, 2.05) is 18.2 Å². The fraction of sp³-hybridized carbons (Fsp3) is 0.444. The second-order valence-electron chi connectivity index (χ2n) is 8.12. The fourth-order valence-corrected chi connectivity index (χ4v) is 4.68. The zero-order valence-corrected chi connectivity index (χ0v) is 19.2. The van der Waals surface area contributed by atoms with E-state index in [2.05, 4.69) is 44.2 Å². The van der Waals surface area contributed by atoms with Crippen molar-refractivity contribution in [2.24, 2.45) is 0 Å². The molecule has 0 saturated heterocycles. The molecule has 0 unspecified atom stereocenters. The first-order valence-corrected chi connectivity index (χ1v) is 12.3. The highest BCUT2D eigenvalue weighted by Gasteiger charge is 2.12. The minimum absolute atomic E-state index is 0.259. The number of carbonyl (C=O) groups excluding carboxylic acids is 1. The Morgan fingerprint density at radius 3 is 2.30 bits per heavy atom. The third kappa shape index (κ3) is 6.70. The lowest BCUT2D eigenvalue weighted by Gasteiger charge is -2.07. The molecule has 0 saturated carbocycles. The predicted octanol–water partition coefficient (Wildman–Crippen LogP) is 8.37. The molecule has 2 nitrogen and oxygen atoms in total. The first-order valence-electron chi connectivity index (χ1n) is 11.5. The maximum atomic E-state index is 12.5. The van der Waals surface area contributed by atoms with Crippen molar-refractivity contribution in [3.05, 3.63) is 63.8 Å². The van der Waals surface area contributed by atoms with Crippen molar-refractivity contribution in [2.75, 3.05) is 0 Å². The number of unbranched alkanes of at least 4 members (excludes halogenated alkanes) is 6. The molecule has 1 aromatic heterocycles. The van der Waals surface area contributed by atoms with E-state index in [1.54, 1.807) is 11.3 Å². The number of hydrogen-bond acceptors (Lipinski definition) is 3. The highest BCUT2D eigenvalue weighted by molar-refractivity contribution is 7.13. The topological polar surface area (TPSA) is 26.3 Å². The standard InChI is InChI=1S/C27H34O2S/c1-3-5-7-8-10-11-21-13-14-23-20-24(16-15-22(23)19-21)29-27(28)26-18-17-25(30-26)12-9-6-4-2/h13-20H,3-12H2,1-2H3. The Balaban J connectivity index is 1.57. The summed E-state index contributed by atoms with van der Waals surface area (Å²) in [5, 5.41) is 2.32. The number of carbonyl (C=O) groups is 1. The van der Waals surface area contributed by atoms with Crippen LogP contribution in [0.2, 0.25) is 0 Å². The third-order valence-corrected chi connectivity index (χ3v) is 6.67. The van der Waals surface area contributed by atoms with Crippen molar-refractivity contribution < 1.29 is 9.53 Å². The van der Waals surface area contributed by atoms with Crippen LogP contribution in [-0.4, -0.2) is 5.97 Å². The van der Waals surface area contributed by atoms with Crippen LogP contribution < -0.4 is 4.74 Å². The van der Waals surface area contributed by atoms with Gasteiger partial charge in [-0.3, -0.25) is 0 Å². The lowest BCUT2D eigenvalue weighted by molar-refractivity contribution is 0.0740. The minimum Gasteiger partial charge on any atom is -0.422 e. The highest BCUT2D eigenvalue weighted by atomic mass is 32.1. The molecule has 0 fully saturated rings. The summed E-state index contributed by atoms with van der Waals surface area (Å²) in [5.74, 6) is 0.352. The van der Waals surface area contributed by atoms with Gasteiger partial charge in [0, 0.05) is 4.88 Å². The molecule has 2 aromatic carbocycles. The van der Waals surface area contributed by atoms with Gasteiger partial charge in [0.1, 0.15) is 10.6 Å². The summed E-state index contributed by atoms with van der Waals surface area (Å²) in [6, 6.07) is 16.5. The normalized spacial score (nSPS) is 11.1. The Hall–Kier alpha value is -2.13. The molecule has 0 atom stereocenters. The van der Waals surface area contributed by atoms with Crippen LogP contribution >= 0.6 is 11.3 Å². The molecule has 160 valence electrons. The highest BCUT2D eigenvalue weighted by Crippen LogP contribution is 2.25. The van der Waals surface area contributed by atoms with E-state index < -0.39 is 0 Å². The van der Waals surface area contributed by atoms with Gasteiger partial charge >= 0.3 is 5.97 Å². The Labute approximate surface area is 185 Å². The molecule has 0 spiro atoms. The average Bonchev–Trinajstić information content (AvgIpc) is 3.23. The molecule has 0 bridgehead atoms. The van der Waals surface area contributed by atoms with Gasteiger partial charge in [-0.05, 0) is 66.3 Å². The van der Waals surface area contributed by atoms with Gasteiger partial charge in [-0.25, -0.2) is 4.79 Å². The molecule has 3 aromatic rings. The van der Waals surface area contributed by atoms with Crippen molar-refractivity contribution in [3.8, 4) is 5.75 Å². The number of rotatable bonds is 12. The van der Waals surface area contributed by atoms with Gasteiger partial charge in [0.05, 0.1) is 0 Å². The Morgan fingerprint density at radius 2 is 1.47 bits per heavy atom. The number of ether oxygens (including phenoxy) is 1. The Bertz CT molecular complexity index is 941. The van der Waals surface area contributed by atoms with E-state index in [0.717, 1.165) is 18.2 Å². The summed E-state index contributed by atoms with van der Waals surface area (Å²) >= 11 is 1.55. The van der Waals surface area contributed by atoms with Crippen LogP contribution in [0.15, 0.2) is 48.5 Å². The number of hydrogen-bond donors (Lipinski definition) is 0. The molecule has 0 amide bonds. The molecule has 0 aliphatic carbocycles. The van der Waals surface area contributed by atoms with Gasteiger partial charge in [-0.2, -0.15) is 0 Å². The number of esters is 1. The molecule has 0 radical (unpaired) electrons. The summed E-state index contributed by atoms with van der Waals surface area (Å²) in [6.07, 6.45) is 12.3. The minimum atomic E-state index is -0.259. The van der Waals surface area contributed by atoms with Gasteiger partial charge in [0.2, 0.25) is 0 Å². The summed E-state index contributed by atoms with van der Waals surface area (Å²) in [4.78, 5) is 14.5. The summed E-state index contributed by atoms with van der Waals surface area (Å²) < 4.78 is 5.65. The maximum absolute atomic E-state index is 12.5. The second-order valence-corrected chi connectivity index (χ2v) is 9.29. The van der Waals surface area contributed by atoms with Crippen LogP contribution in [0.25, 0.3) is 10.8 Å². The van der Waals surface area contributed by atoms with Crippen LogP contribution in [0.4, 0.5) is 0 Å². The van der Waals surface area contributed by atoms with Gasteiger partial charge in [-0.1, -0.05) is 76.6 Å². The monoisotopic (exact) mass is 422 g/mol. The smallest absolute Gasteiger partial charge is 0.353 e. The molecular weight excluding hydrogens is 388 g/mol. The predicted molar refractivity (Wildman–Crippen MR) is 129 cm³/mol. The summed E-state index contributed by atoms with van der Waals surface area (Å²) in [6.45, 7) is 4.46. The van der Waals surface area contributed by atoms with Gasteiger partial charge in [-0.15, -0.1) is 11.3 Å². The fourth-order valence-electron chi connectivity index (χ4n) is 3.75. The van der Waals surface area contributed by atoms with Crippen molar-refractivity contribution >= 4 is 28.1 Å². The lowest BCUT2D eigenvalue weighted by Crippen LogP contribution is -2.06. The number of benzene rings is 2. The average molecular weight is 423 g/mol. The first-order chi connectivity index (χ1) is 14.7. The van der Waals surface area contributed by atoms with Crippen molar-refractivity contribution in [1.29, 1.82) is 0 Å². The zero-order chi connectivity index (χ0) is 21.2. The van der Waals surface area contributed by atoms with Crippen LogP contribution in [0.5, 0.6) is 5.75 Å². The van der Waals surface area contributed by atoms with Crippen molar-refractivity contribution in [3.63, 3.8) is 0 Å². The Morgan fingerprint density at radius 1 is 0.767 bits per heavy atom. The summed E-state index contributed by atoms with van der Waals surface area (Å²) in [7, 11) is 0. The molecule has 3 heteroatoms. The molecule has 1 heterocycles. The molecule has 0 N–H and O–H groups in total. The zero-order valence-electron chi connectivity index (χ0n) is 18.4. The quantitative estimate of drug-likeness (QED) is 0.166.